The summed E-state index contributed by atoms with van der Waals surface area (Å²) in [4.78, 5) is 27.8. The Morgan fingerprint density at radius 1 is 0.969 bits per heavy atom. The van der Waals surface area contributed by atoms with Crippen molar-refractivity contribution in [3.63, 3.8) is 0 Å². The number of halogens is 1. The van der Waals surface area contributed by atoms with E-state index in [-0.39, 0.29) is 11.3 Å². The molecule has 1 saturated heterocycles. The number of methoxy groups -OCH3 is 1. The number of benzene rings is 3. The van der Waals surface area contributed by atoms with Crippen molar-refractivity contribution in [1.82, 2.24) is 4.90 Å². The van der Waals surface area contributed by atoms with E-state index in [1.165, 1.54) is 4.90 Å². The van der Waals surface area contributed by atoms with E-state index in [0.29, 0.717) is 29.8 Å². The first-order chi connectivity index (χ1) is 15.5. The molecule has 1 fully saturated rings. The van der Waals surface area contributed by atoms with Gasteiger partial charge in [0.15, 0.2) is 0 Å². The number of para-hydroxylation sites is 1. The van der Waals surface area contributed by atoms with Gasteiger partial charge >= 0.3 is 0 Å². The molecule has 0 radical (unpaired) electrons. The topological polar surface area (TPSA) is 66.8 Å². The monoisotopic (exact) mass is 491 g/mol. The molecule has 1 amide bonds. The molecular formula is C26H22BrNO4. The third kappa shape index (κ3) is 4.18. The molecule has 32 heavy (non-hydrogen) atoms. The van der Waals surface area contributed by atoms with Crippen molar-refractivity contribution >= 4 is 33.4 Å². The molecule has 1 atom stereocenters. The fraction of sp³-hybridized carbons (Fsp3) is 0.154. The Balaban J connectivity index is 1.82. The van der Waals surface area contributed by atoms with E-state index in [9.17, 15) is 14.7 Å². The molecule has 1 heterocycles. The van der Waals surface area contributed by atoms with E-state index in [1.54, 1.807) is 37.4 Å². The Hall–Kier alpha value is -3.38. The van der Waals surface area contributed by atoms with Gasteiger partial charge in [0.25, 0.3) is 11.7 Å². The molecule has 1 aliphatic heterocycles. The van der Waals surface area contributed by atoms with Gasteiger partial charge in [-0.05, 0) is 30.2 Å². The Labute approximate surface area is 195 Å². The Kier molecular flexibility index (Phi) is 6.42. The fourth-order valence-electron chi connectivity index (χ4n) is 3.98. The first-order valence-electron chi connectivity index (χ1n) is 10.2. The quantitative estimate of drug-likeness (QED) is 0.295. The first kappa shape index (κ1) is 21.8. The summed E-state index contributed by atoms with van der Waals surface area (Å²) in [5.74, 6) is -0.982. The minimum atomic E-state index is -0.751. The lowest BCUT2D eigenvalue weighted by Crippen LogP contribution is -2.31. The maximum absolute atomic E-state index is 13.1. The number of ether oxygens (including phenoxy) is 1. The predicted molar refractivity (Wildman–Crippen MR) is 126 cm³/mol. The number of aliphatic hydroxyl groups is 1. The normalized spacial score (nSPS) is 17.6. The number of amides is 1. The number of aliphatic hydroxyl groups excluding tert-OH is 1. The molecule has 6 heteroatoms. The minimum absolute atomic E-state index is 0.0647. The number of ketones is 1. The highest BCUT2D eigenvalue weighted by molar-refractivity contribution is 9.10. The van der Waals surface area contributed by atoms with Crippen LogP contribution in [0.25, 0.3) is 5.76 Å². The lowest BCUT2D eigenvalue weighted by atomic mass is 9.94. The second-order valence-corrected chi connectivity index (χ2v) is 8.39. The van der Waals surface area contributed by atoms with Gasteiger partial charge in [-0.3, -0.25) is 9.59 Å². The summed E-state index contributed by atoms with van der Waals surface area (Å²) in [5.41, 5.74) is 2.24. The average molecular weight is 492 g/mol. The summed E-state index contributed by atoms with van der Waals surface area (Å²) in [6, 6.07) is 23.2. The van der Waals surface area contributed by atoms with Crippen molar-refractivity contribution in [2.45, 2.75) is 12.5 Å². The van der Waals surface area contributed by atoms with Crippen LogP contribution < -0.4 is 4.74 Å². The molecule has 5 nitrogen and oxygen atoms in total. The van der Waals surface area contributed by atoms with Crippen molar-refractivity contribution in [3.05, 3.63) is 106 Å². The van der Waals surface area contributed by atoms with Crippen molar-refractivity contribution < 1.29 is 19.4 Å². The highest BCUT2D eigenvalue weighted by Gasteiger charge is 2.46. The van der Waals surface area contributed by atoms with E-state index in [0.717, 1.165) is 10.0 Å². The van der Waals surface area contributed by atoms with Gasteiger partial charge in [-0.2, -0.15) is 0 Å². The molecule has 0 spiro atoms. The first-order valence-corrected chi connectivity index (χ1v) is 11.0. The van der Waals surface area contributed by atoms with E-state index in [4.69, 9.17) is 4.74 Å². The lowest BCUT2D eigenvalue weighted by Gasteiger charge is -2.26. The molecule has 0 bridgehead atoms. The van der Waals surface area contributed by atoms with E-state index >= 15 is 0 Å². The Morgan fingerprint density at radius 2 is 1.62 bits per heavy atom. The van der Waals surface area contributed by atoms with E-state index in [1.807, 2.05) is 48.5 Å². The molecule has 0 aliphatic carbocycles. The fourth-order valence-corrected chi connectivity index (χ4v) is 4.25. The van der Waals surface area contributed by atoms with Crippen molar-refractivity contribution in [3.8, 4) is 5.75 Å². The van der Waals surface area contributed by atoms with Crippen LogP contribution in [0.5, 0.6) is 5.75 Å². The Morgan fingerprint density at radius 3 is 2.31 bits per heavy atom. The van der Waals surface area contributed by atoms with Gasteiger partial charge in [0.2, 0.25) is 0 Å². The average Bonchev–Trinajstić information content (AvgIpc) is 3.08. The smallest absolute Gasteiger partial charge is 0.295 e. The van der Waals surface area contributed by atoms with Crippen LogP contribution >= 0.6 is 15.9 Å². The standard InChI is InChI=1S/C26H22BrNO4/c1-32-21-10-6-5-9-20(21)23-22(24(29)18-11-13-19(27)14-12-18)25(30)26(31)28(23)16-15-17-7-3-2-4-8-17/h2-14,23,29H,15-16H2,1H3. The summed E-state index contributed by atoms with van der Waals surface area (Å²) in [6.45, 7) is 0.328. The summed E-state index contributed by atoms with van der Waals surface area (Å²) < 4.78 is 6.38. The number of hydrogen-bond acceptors (Lipinski definition) is 4. The van der Waals surface area contributed by atoms with Crippen molar-refractivity contribution in [2.24, 2.45) is 0 Å². The van der Waals surface area contributed by atoms with Crippen LogP contribution in [0.1, 0.15) is 22.7 Å². The van der Waals surface area contributed by atoms with Crippen LogP contribution in [-0.2, 0) is 16.0 Å². The third-order valence-corrected chi connectivity index (χ3v) is 6.10. The van der Waals surface area contributed by atoms with Crippen LogP contribution in [0.4, 0.5) is 0 Å². The second kappa shape index (κ2) is 9.40. The van der Waals surface area contributed by atoms with Gasteiger partial charge in [0, 0.05) is 22.1 Å². The molecule has 3 aromatic carbocycles. The van der Waals surface area contributed by atoms with Gasteiger partial charge in [-0.15, -0.1) is 0 Å². The van der Waals surface area contributed by atoms with E-state index < -0.39 is 17.7 Å². The second-order valence-electron chi connectivity index (χ2n) is 7.48. The van der Waals surface area contributed by atoms with Crippen LogP contribution in [0, 0.1) is 0 Å². The van der Waals surface area contributed by atoms with Gasteiger partial charge in [-0.1, -0.05) is 76.6 Å². The highest BCUT2D eigenvalue weighted by atomic mass is 79.9. The van der Waals surface area contributed by atoms with Crippen molar-refractivity contribution in [2.75, 3.05) is 13.7 Å². The summed E-state index contributed by atoms with van der Waals surface area (Å²) in [6.07, 6.45) is 0.581. The third-order valence-electron chi connectivity index (χ3n) is 5.58. The van der Waals surface area contributed by atoms with Crippen LogP contribution in [0.15, 0.2) is 88.9 Å². The zero-order chi connectivity index (χ0) is 22.7. The number of likely N-dealkylation sites (tertiary alicyclic amines) is 1. The summed E-state index contributed by atoms with van der Waals surface area (Å²) in [5, 5.41) is 11.1. The van der Waals surface area contributed by atoms with Crippen LogP contribution in [0.3, 0.4) is 0 Å². The minimum Gasteiger partial charge on any atom is -0.507 e. The molecule has 0 aromatic heterocycles. The molecule has 4 rings (SSSR count). The number of nitrogens with zero attached hydrogens (tertiary/aromatic N) is 1. The van der Waals surface area contributed by atoms with Crippen LogP contribution in [0.2, 0.25) is 0 Å². The van der Waals surface area contributed by atoms with Gasteiger partial charge in [0.05, 0.1) is 18.7 Å². The molecule has 1 N–H and O–H groups in total. The molecule has 1 aliphatic rings. The zero-order valence-electron chi connectivity index (χ0n) is 17.5. The maximum atomic E-state index is 13.1. The van der Waals surface area contributed by atoms with Gasteiger partial charge < -0.3 is 14.7 Å². The SMILES string of the molecule is COc1ccccc1C1C(=C(O)c2ccc(Br)cc2)C(=O)C(=O)N1CCc1ccccc1. The molecule has 0 saturated carbocycles. The predicted octanol–water partition coefficient (Wildman–Crippen LogP) is 5.12. The molecular weight excluding hydrogens is 470 g/mol. The van der Waals surface area contributed by atoms with E-state index in [2.05, 4.69) is 15.9 Å². The highest BCUT2D eigenvalue weighted by Crippen LogP contribution is 2.42. The molecule has 162 valence electrons. The number of carbonyl (C=O) groups excluding carboxylic acids is 2. The van der Waals surface area contributed by atoms with Gasteiger partial charge in [-0.25, -0.2) is 0 Å². The summed E-state index contributed by atoms with van der Waals surface area (Å²) in [7, 11) is 1.55. The number of rotatable bonds is 6. The number of Topliss-reactive ketones (excluding diaryl/α,β-unsaturated/α-hetero) is 1. The zero-order valence-corrected chi connectivity index (χ0v) is 19.1. The largest absolute Gasteiger partial charge is 0.507 e. The number of hydrogen-bond donors (Lipinski definition) is 1. The number of carbonyl (C=O) groups is 2. The molecule has 3 aromatic rings. The maximum Gasteiger partial charge on any atom is 0.295 e. The van der Waals surface area contributed by atoms with Crippen molar-refractivity contribution in [1.29, 1.82) is 0 Å². The van der Waals surface area contributed by atoms with Crippen LogP contribution in [-0.4, -0.2) is 35.4 Å². The Bertz CT molecular complexity index is 1170. The molecule has 1 unspecified atom stereocenters. The summed E-state index contributed by atoms with van der Waals surface area (Å²) >= 11 is 3.38. The van der Waals surface area contributed by atoms with Gasteiger partial charge in [0.1, 0.15) is 11.5 Å². The lowest BCUT2D eigenvalue weighted by molar-refractivity contribution is -0.139.